The van der Waals surface area contributed by atoms with Gasteiger partial charge in [-0.2, -0.15) is 0 Å². The van der Waals surface area contributed by atoms with Gasteiger partial charge in [-0.3, -0.25) is 0 Å². The number of carbonyl (C=O) groups excluding carboxylic acids is 2. The van der Waals surface area contributed by atoms with E-state index in [4.69, 9.17) is 9.47 Å². The molecule has 0 saturated heterocycles. The van der Waals surface area contributed by atoms with E-state index in [-0.39, 0.29) is 18.0 Å². The van der Waals surface area contributed by atoms with Crippen molar-refractivity contribution >= 4 is 11.9 Å². The molecule has 0 radical (unpaired) electrons. The molecule has 0 aliphatic rings. The quantitative estimate of drug-likeness (QED) is 0.287. The maximum absolute atomic E-state index is 12.5. The van der Waals surface area contributed by atoms with Crippen LogP contribution in [0.1, 0.15) is 100 Å². The number of rotatable bonds is 13. The molecule has 158 valence electrons. The Morgan fingerprint density at radius 2 is 1.54 bits per heavy atom. The maximum Gasteiger partial charge on any atom is 0.338 e. The fraction of sp³-hybridized carbons (Fsp3) is 0.667. The van der Waals surface area contributed by atoms with Crippen LogP contribution < -0.4 is 0 Å². The van der Waals surface area contributed by atoms with Crippen molar-refractivity contribution in [2.45, 2.75) is 85.7 Å². The van der Waals surface area contributed by atoms with Crippen molar-refractivity contribution in [3.8, 4) is 0 Å². The van der Waals surface area contributed by atoms with E-state index in [1.165, 1.54) is 0 Å². The van der Waals surface area contributed by atoms with Gasteiger partial charge in [-0.25, -0.2) is 9.59 Å². The molecule has 4 heteroatoms. The maximum atomic E-state index is 12.5. The van der Waals surface area contributed by atoms with Gasteiger partial charge in [-0.15, -0.1) is 0 Å². The van der Waals surface area contributed by atoms with E-state index in [2.05, 4.69) is 27.7 Å². The zero-order valence-electron chi connectivity index (χ0n) is 18.3. The molecule has 0 spiro atoms. The van der Waals surface area contributed by atoms with Gasteiger partial charge in [0.15, 0.2) is 0 Å². The van der Waals surface area contributed by atoms with Crippen molar-refractivity contribution in [2.75, 3.05) is 6.61 Å². The first kappa shape index (κ1) is 24.2. The van der Waals surface area contributed by atoms with Crippen molar-refractivity contribution in [1.29, 1.82) is 0 Å². The molecule has 0 heterocycles. The van der Waals surface area contributed by atoms with E-state index in [1.807, 2.05) is 6.92 Å². The fourth-order valence-corrected chi connectivity index (χ4v) is 3.20. The zero-order valence-corrected chi connectivity index (χ0v) is 18.3. The second-order valence-electron chi connectivity index (χ2n) is 7.95. The van der Waals surface area contributed by atoms with Gasteiger partial charge in [0.25, 0.3) is 0 Å². The molecule has 0 bridgehead atoms. The Morgan fingerprint density at radius 3 is 2.11 bits per heavy atom. The van der Waals surface area contributed by atoms with E-state index in [0.29, 0.717) is 29.6 Å². The first-order valence-electron chi connectivity index (χ1n) is 10.9. The highest BCUT2D eigenvalue weighted by atomic mass is 16.5. The topological polar surface area (TPSA) is 52.6 Å². The molecule has 0 aromatic heterocycles. The van der Waals surface area contributed by atoms with E-state index in [0.717, 1.165) is 44.9 Å². The van der Waals surface area contributed by atoms with E-state index >= 15 is 0 Å². The normalized spacial score (nSPS) is 12.2. The van der Waals surface area contributed by atoms with Crippen molar-refractivity contribution in [3.63, 3.8) is 0 Å². The molecule has 0 saturated carbocycles. The summed E-state index contributed by atoms with van der Waals surface area (Å²) < 4.78 is 11.0. The molecule has 0 aliphatic carbocycles. The second kappa shape index (κ2) is 13.4. The van der Waals surface area contributed by atoms with Gasteiger partial charge in [0.1, 0.15) is 6.10 Å². The highest BCUT2D eigenvalue weighted by Crippen LogP contribution is 2.20. The molecule has 0 N–H and O–H groups in total. The Kier molecular flexibility index (Phi) is 11.5. The van der Waals surface area contributed by atoms with Gasteiger partial charge in [0, 0.05) is 0 Å². The highest BCUT2D eigenvalue weighted by molar-refractivity contribution is 5.95. The lowest BCUT2D eigenvalue weighted by atomic mass is 9.95. The van der Waals surface area contributed by atoms with Gasteiger partial charge in [0.05, 0.1) is 17.7 Å². The lowest BCUT2D eigenvalue weighted by Gasteiger charge is -2.19. The third kappa shape index (κ3) is 8.90. The van der Waals surface area contributed by atoms with Gasteiger partial charge in [0.2, 0.25) is 0 Å². The molecule has 1 atom stereocenters. The van der Waals surface area contributed by atoms with Crippen LogP contribution in [0.3, 0.4) is 0 Å². The molecule has 1 aromatic rings. The summed E-state index contributed by atoms with van der Waals surface area (Å²) in [5.74, 6) is 0.514. The summed E-state index contributed by atoms with van der Waals surface area (Å²) in [7, 11) is 0. The Labute approximate surface area is 171 Å². The summed E-state index contributed by atoms with van der Waals surface area (Å²) in [6, 6.07) is 6.63. The van der Waals surface area contributed by atoms with Gasteiger partial charge in [-0.1, -0.05) is 53.5 Å². The standard InChI is InChI=1S/C24H38O4/c1-6-19(7-2)14-15-22(8-3)28-24(26)21-13-9-12-20(17-21)23(25)27-16-10-11-18(4)5/h9,12-13,17-19,22H,6-8,10-11,14-16H2,1-5H3. The molecule has 1 unspecified atom stereocenters. The largest absolute Gasteiger partial charge is 0.462 e. The molecule has 0 amide bonds. The summed E-state index contributed by atoms with van der Waals surface area (Å²) in [6.45, 7) is 11.1. The average molecular weight is 391 g/mol. The van der Waals surface area contributed by atoms with Crippen molar-refractivity contribution in [1.82, 2.24) is 0 Å². The van der Waals surface area contributed by atoms with Crippen LogP contribution in [0.5, 0.6) is 0 Å². The molecule has 4 nitrogen and oxygen atoms in total. The SMILES string of the molecule is CCC(CC)CCC(CC)OC(=O)c1cccc(C(=O)OCCCC(C)C)c1. The van der Waals surface area contributed by atoms with Crippen LogP contribution in [0.25, 0.3) is 0 Å². The summed E-state index contributed by atoms with van der Waals surface area (Å²) in [4.78, 5) is 24.7. The summed E-state index contributed by atoms with van der Waals surface area (Å²) in [5, 5.41) is 0. The van der Waals surface area contributed by atoms with Gasteiger partial charge in [-0.05, 0) is 62.1 Å². The Hall–Kier alpha value is -1.84. The van der Waals surface area contributed by atoms with Crippen LogP contribution in [-0.4, -0.2) is 24.6 Å². The number of ether oxygens (including phenoxy) is 2. The predicted octanol–water partition coefficient (Wildman–Crippen LogP) is 6.43. The molecule has 1 aromatic carbocycles. The molecule has 1 rings (SSSR count). The van der Waals surface area contributed by atoms with Gasteiger partial charge >= 0.3 is 11.9 Å². The number of esters is 2. The number of benzene rings is 1. The second-order valence-corrected chi connectivity index (χ2v) is 7.95. The third-order valence-electron chi connectivity index (χ3n) is 5.27. The fourth-order valence-electron chi connectivity index (χ4n) is 3.20. The van der Waals surface area contributed by atoms with E-state index < -0.39 is 0 Å². The van der Waals surface area contributed by atoms with Crippen LogP contribution in [0, 0.1) is 11.8 Å². The number of hydrogen-bond donors (Lipinski definition) is 0. The molecular formula is C24H38O4. The van der Waals surface area contributed by atoms with Crippen molar-refractivity contribution in [3.05, 3.63) is 35.4 Å². The number of hydrogen-bond acceptors (Lipinski definition) is 4. The minimum Gasteiger partial charge on any atom is -0.462 e. The zero-order chi connectivity index (χ0) is 20.9. The van der Waals surface area contributed by atoms with E-state index in [1.54, 1.807) is 24.3 Å². The molecule has 0 fully saturated rings. The first-order chi connectivity index (χ1) is 13.4. The van der Waals surface area contributed by atoms with Crippen LogP contribution >= 0.6 is 0 Å². The van der Waals surface area contributed by atoms with Crippen LogP contribution in [0.4, 0.5) is 0 Å². The Balaban J connectivity index is 2.60. The van der Waals surface area contributed by atoms with Crippen LogP contribution in [-0.2, 0) is 9.47 Å². The first-order valence-corrected chi connectivity index (χ1v) is 10.9. The lowest BCUT2D eigenvalue weighted by molar-refractivity contribution is 0.0257. The van der Waals surface area contributed by atoms with Crippen LogP contribution in [0.2, 0.25) is 0 Å². The van der Waals surface area contributed by atoms with Gasteiger partial charge < -0.3 is 9.47 Å². The lowest BCUT2D eigenvalue weighted by Crippen LogP contribution is -2.19. The number of carbonyl (C=O) groups is 2. The Morgan fingerprint density at radius 1 is 0.893 bits per heavy atom. The highest BCUT2D eigenvalue weighted by Gasteiger charge is 2.18. The smallest absolute Gasteiger partial charge is 0.338 e. The predicted molar refractivity (Wildman–Crippen MR) is 114 cm³/mol. The van der Waals surface area contributed by atoms with E-state index in [9.17, 15) is 9.59 Å². The molecule has 28 heavy (non-hydrogen) atoms. The molecule has 0 aliphatic heterocycles. The summed E-state index contributed by atoms with van der Waals surface area (Å²) in [6.07, 6.45) is 6.84. The summed E-state index contributed by atoms with van der Waals surface area (Å²) >= 11 is 0. The van der Waals surface area contributed by atoms with Crippen LogP contribution in [0.15, 0.2) is 24.3 Å². The van der Waals surface area contributed by atoms with Crippen molar-refractivity contribution in [2.24, 2.45) is 11.8 Å². The molecular weight excluding hydrogens is 352 g/mol. The third-order valence-corrected chi connectivity index (χ3v) is 5.27. The minimum absolute atomic E-state index is 0.0836. The monoisotopic (exact) mass is 390 g/mol. The minimum atomic E-state index is -0.390. The average Bonchev–Trinajstić information content (AvgIpc) is 2.70. The Bertz CT molecular complexity index is 590. The summed E-state index contributed by atoms with van der Waals surface area (Å²) in [5.41, 5.74) is 0.793. The van der Waals surface area contributed by atoms with Crippen molar-refractivity contribution < 1.29 is 19.1 Å².